The van der Waals surface area contributed by atoms with Crippen LogP contribution in [0.5, 0.6) is 5.75 Å². The molecule has 0 atom stereocenters. The van der Waals surface area contributed by atoms with Gasteiger partial charge in [-0.1, -0.05) is 30.3 Å². The maximum absolute atomic E-state index is 10.9. The average Bonchev–Trinajstić information content (AvgIpc) is 2.46. The van der Waals surface area contributed by atoms with Crippen LogP contribution in [0.3, 0.4) is 0 Å². The number of hydrogen-bond donors (Lipinski definition) is 0. The second-order valence-electron chi connectivity index (χ2n) is 4.24. The Labute approximate surface area is 112 Å². The Bertz CT molecular complexity index is 576. The third kappa shape index (κ3) is 3.01. The SMILES string of the molecule is COCOc1ccccc1-c1cc(C=O)ccc1C. The molecule has 0 spiro atoms. The Balaban J connectivity index is 2.48. The maximum atomic E-state index is 10.9. The zero-order valence-corrected chi connectivity index (χ0v) is 11.1. The Kier molecular flexibility index (Phi) is 4.31. The lowest BCUT2D eigenvalue weighted by atomic mass is 9.98. The number of carbonyl (C=O) groups excluding carboxylic acids is 1. The van der Waals surface area contributed by atoms with Crippen LogP contribution < -0.4 is 4.74 Å². The molecule has 2 aromatic carbocycles. The molecule has 0 N–H and O–H groups in total. The van der Waals surface area contributed by atoms with Crippen molar-refractivity contribution >= 4 is 6.29 Å². The van der Waals surface area contributed by atoms with Gasteiger partial charge < -0.3 is 9.47 Å². The van der Waals surface area contributed by atoms with Gasteiger partial charge in [-0.15, -0.1) is 0 Å². The first-order valence-corrected chi connectivity index (χ1v) is 6.03. The van der Waals surface area contributed by atoms with Gasteiger partial charge in [0.1, 0.15) is 12.0 Å². The molecule has 19 heavy (non-hydrogen) atoms. The third-order valence-corrected chi connectivity index (χ3v) is 2.91. The van der Waals surface area contributed by atoms with Gasteiger partial charge in [-0.05, 0) is 30.2 Å². The van der Waals surface area contributed by atoms with E-state index in [1.165, 1.54) is 0 Å². The molecule has 3 nitrogen and oxygen atoms in total. The average molecular weight is 256 g/mol. The van der Waals surface area contributed by atoms with Gasteiger partial charge in [-0.25, -0.2) is 0 Å². The van der Waals surface area contributed by atoms with Gasteiger partial charge in [-0.2, -0.15) is 0 Å². The summed E-state index contributed by atoms with van der Waals surface area (Å²) in [5.74, 6) is 0.746. The molecule has 0 fully saturated rings. The van der Waals surface area contributed by atoms with E-state index in [1.54, 1.807) is 7.11 Å². The normalized spacial score (nSPS) is 10.2. The van der Waals surface area contributed by atoms with Crippen LogP contribution in [-0.4, -0.2) is 20.2 Å². The topological polar surface area (TPSA) is 35.5 Å². The lowest BCUT2D eigenvalue weighted by molar-refractivity contribution is 0.0515. The van der Waals surface area contributed by atoms with E-state index in [0.717, 1.165) is 28.7 Å². The summed E-state index contributed by atoms with van der Waals surface area (Å²) in [5, 5.41) is 0. The Morgan fingerprint density at radius 1 is 1.11 bits per heavy atom. The molecule has 0 unspecified atom stereocenters. The van der Waals surface area contributed by atoms with E-state index in [0.29, 0.717) is 5.56 Å². The van der Waals surface area contributed by atoms with Gasteiger partial charge in [0.2, 0.25) is 0 Å². The van der Waals surface area contributed by atoms with Crippen molar-refractivity contribution in [3.8, 4) is 16.9 Å². The van der Waals surface area contributed by atoms with Gasteiger partial charge in [0.15, 0.2) is 6.79 Å². The molecule has 0 aliphatic carbocycles. The first kappa shape index (κ1) is 13.3. The fraction of sp³-hybridized carbons (Fsp3) is 0.188. The van der Waals surface area contributed by atoms with Crippen LogP contribution in [-0.2, 0) is 4.74 Å². The molecule has 0 saturated heterocycles. The number of ether oxygens (including phenoxy) is 2. The van der Waals surface area contributed by atoms with E-state index >= 15 is 0 Å². The molecule has 3 heteroatoms. The minimum absolute atomic E-state index is 0.198. The summed E-state index contributed by atoms with van der Waals surface area (Å²) in [6.45, 7) is 2.21. The van der Waals surface area contributed by atoms with Crippen LogP contribution in [0.25, 0.3) is 11.1 Å². The molecule has 0 aliphatic heterocycles. The predicted molar refractivity (Wildman–Crippen MR) is 74.5 cm³/mol. The molecule has 2 rings (SSSR count). The number of rotatable bonds is 5. The van der Waals surface area contributed by atoms with Crippen molar-refractivity contribution in [3.63, 3.8) is 0 Å². The summed E-state index contributed by atoms with van der Waals surface area (Å²) >= 11 is 0. The highest BCUT2D eigenvalue weighted by atomic mass is 16.7. The highest BCUT2D eigenvalue weighted by Gasteiger charge is 2.09. The number of aryl methyl sites for hydroxylation is 1. The number of methoxy groups -OCH3 is 1. The van der Waals surface area contributed by atoms with Crippen LogP contribution in [0.2, 0.25) is 0 Å². The number of carbonyl (C=O) groups is 1. The van der Waals surface area contributed by atoms with Crippen molar-refractivity contribution in [1.82, 2.24) is 0 Å². The van der Waals surface area contributed by atoms with E-state index in [2.05, 4.69) is 0 Å². The minimum atomic E-state index is 0.198. The Morgan fingerprint density at radius 2 is 1.89 bits per heavy atom. The molecule has 0 aromatic heterocycles. The first-order valence-electron chi connectivity index (χ1n) is 6.03. The number of benzene rings is 2. The van der Waals surface area contributed by atoms with E-state index in [1.807, 2.05) is 49.4 Å². The molecule has 0 heterocycles. The van der Waals surface area contributed by atoms with Crippen molar-refractivity contribution in [2.24, 2.45) is 0 Å². The molecular formula is C16H16O3. The van der Waals surface area contributed by atoms with Gasteiger partial charge >= 0.3 is 0 Å². The van der Waals surface area contributed by atoms with E-state index < -0.39 is 0 Å². The fourth-order valence-electron chi connectivity index (χ4n) is 1.94. The van der Waals surface area contributed by atoms with E-state index in [-0.39, 0.29) is 6.79 Å². The van der Waals surface area contributed by atoms with Gasteiger partial charge in [-0.3, -0.25) is 4.79 Å². The van der Waals surface area contributed by atoms with Gasteiger partial charge in [0, 0.05) is 18.2 Å². The number of para-hydroxylation sites is 1. The Hall–Kier alpha value is -2.13. The summed E-state index contributed by atoms with van der Waals surface area (Å²) in [4.78, 5) is 10.9. The smallest absolute Gasteiger partial charge is 0.188 e. The van der Waals surface area contributed by atoms with Crippen molar-refractivity contribution in [2.45, 2.75) is 6.92 Å². The maximum Gasteiger partial charge on any atom is 0.188 e. The largest absolute Gasteiger partial charge is 0.467 e. The lowest BCUT2D eigenvalue weighted by Gasteiger charge is -2.13. The lowest BCUT2D eigenvalue weighted by Crippen LogP contribution is -2.00. The van der Waals surface area contributed by atoms with E-state index in [9.17, 15) is 4.79 Å². The molecule has 0 amide bonds. The van der Waals surface area contributed by atoms with E-state index in [4.69, 9.17) is 9.47 Å². The highest BCUT2D eigenvalue weighted by Crippen LogP contribution is 2.32. The molecule has 98 valence electrons. The molecule has 2 aromatic rings. The third-order valence-electron chi connectivity index (χ3n) is 2.91. The number of hydrogen-bond acceptors (Lipinski definition) is 3. The summed E-state index contributed by atoms with van der Waals surface area (Å²) in [5.41, 5.74) is 3.71. The zero-order chi connectivity index (χ0) is 13.7. The second kappa shape index (κ2) is 6.16. The molecule has 0 radical (unpaired) electrons. The van der Waals surface area contributed by atoms with Crippen LogP contribution >= 0.6 is 0 Å². The van der Waals surface area contributed by atoms with Crippen LogP contribution in [0.1, 0.15) is 15.9 Å². The van der Waals surface area contributed by atoms with Crippen LogP contribution in [0, 0.1) is 6.92 Å². The van der Waals surface area contributed by atoms with Crippen LogP contribution in [0.15, 0.2) is 42.5 Å². The van der Waals surface area contributed by atoms with Crippen molar-refractivity contribution < 1.29 is 14.3 Å². The predicted octanol–water partition coefficient (Wildman–Crippen LogP) is 3.46. The zero-order valence-electron chi connectivity index (χ0n) is 11.1. The fourth-order valence-corrected chi connectivity index (χ4v) is 1.94. The summed E-state index contributed by atoms with van der Waals surface area (Å²) in [7, 11) is 1.58. The quantitative estimate of drug-likeness (QED) is 0.607. The highest BCUT2D eigenvalue weighted by molar-refractivity contribution is 5.81. The second-order valence-corrected chi connectivity index (χ2v) is 4.24. The van der Waals surface area contributed by atoms with Crippen molar-refractivity contribution in [1.29, 1.82) is 0 Å². The monoisotopic (exact) mass is 256 g/mol. The summed E-state index contributed by atoms with van der Waals surface area (Å²) < 4.78 is 10.5. The van der Waals surface area contributed by atoms with Crippen molar-refractivity contribution in [2.75, 3.05) is 13.9 Å². The van der Waals surface area contributed by atoms with Gasteiger partial charge in [0.25, 0.3) is 0 Å². The minimum Gasteiger partial charge on any atom is -0.467 e. The molecule has 0 bridgehead atoms. The first-order chi connectivity index (χ1) is 9.26. The van der Waals surface area contributed by atoms with Crippen molar-refractivity contribution in [3.05, 3.63) is 53.6 Å². The van der Waals surface area contributed by atoms with Crippen LogP contribution in [0.4, 0.5) is 0 Å². The van der Waals surface area contributed by atoms with Gasteiger partial charge in [0.05, 0.1) is 0 Å². The molecule has 0 aliphatic rings. The summed E-state index contributed by atoms with van der Waals surface area (Å²) in [6.07, 6.45) is 0.849. The molecular weight excluding hydrogens is 240 g/mol. The number of aldehydes is 1. The Morgan fingerprint density at radius 3 is 2.63 bits per heavy atom. The standard InChI is InChI=1S/C16H16O3/c1-12-7-8-13(10-17)9-15(12)14-5-3-4-6-16(14)19-11-18-2/h3-10H,11H2,1-2H3. The molecule has 0 saturated carbocycles. The summed E-state index contributed by atoms with van der Waals surface area (Å²) in [6, 6.07) is 13.3.